The van der Waals surface area contributed by atoms with Crippen LogP contribution >= 0.6 is 35.6 Å². The van der Waals surface area contributed by atoms with Crippen molar-refractivity contribution in [1.29, 1.82) is 0 Å². The van der Waals surface area contributed by atoms with Gasteiger partial charge in [0.25, 0.3) is 0 Å². The Bertz CT molecular complexity index is 403. The van der Waals surface area contributed by atoms with Crippen LogP contribution in [0.1, 0.15) is 18.4 Å². The number of rotatable bonds is 2. The second kappa shape index (κ2) is 7.84. The molecule has 1 N–H and O–H groups in total. The highest BCUT2D eigenvalue weighted by Crippen LogP contribution is 2.14. The zero-order chi connectivity index (χ0) is 12.1. The van der Waals surface area contributed by atoms with E-state index >= 15 is 0 Å². The summed E-state index contributed by atoms with van der Waals surface area (Å²) in [6.07, 6.45) is 2.51. The predicted octanol–water partition coefficient (Wildman–Crippen LogP) is 3.13. The molecule has 0 aromatic heterocycles. The van der Waals surface area contributed by atoms with E-state index in [4.69, 9.17) is 11.6 Å². The molecule has 3 nitrogen and oxygen atoms in total. The molecule has 1 aromatic rings. The van der Waals surface area contributed by atoms with Crippen LogP contribution in [0, 0.1) is 0 Å². The summed E-state index contributed by atoms with van der Waals surface area (Å²) in [5, 5.41) is 4.16. The maximum absolute atomic E-state index is 6.12. The van der Waals surface area contributed by atoms with E-state index in [1.807, 2.05) is 31.3 Å². The number of guanidine groups is 1. The molecule has 2 rings (SSSR count). The molecule has 0 atom stereocenters. The van der Waals surface area contributed by atoms with Gasteiger partial charge in [0.2, 0.25) is 0 Å². The molecule has 0 unspecified atom stereocenters. The highest BCUT2D eigenvalue weighted by Gasteiger charge is 2.15. The van der Waals surface area contributed by atoms with Crippen molar-refractivity contribution in [3.63, 3.8) is 0 Å². The van der Waals surface area contributed by atoms with E-state index in [1.165, 1.54) is 12.8 Å². The van der Waals surface area contributed by atoms with E-state index in [9.17, 15) is 0 Å². The molecule has 1 heterocycles. The Morgan fingerprint density at radius 1 is 1.33 bits per heavy atom. The molecule has 1 aliphatic rings. The van der Waals surface area contributed by atoms with Crippen molar-refractivity contribution >= 4 is 41.5 Å². The topological polar surface area (TPSA) is 27.6 Å². The zero-order valence-electron chi connectivity index (χ0n) is 10.5. The first-order chi connectivity index (χ1) is 8.31. The Balaban J connectivity index is 0.00000162. The summed E-state index contributed by atoms with van der Waals surface area (Å²) in [5.41, 5.74) is 1.11. The first kappa shape index (κ1) is 15.6. The fraction of sp³-hybridized carbons (Fsp3) is 0.462. The molecular weight excluding hydrogens is 361 g/mol. The fourth-order valence-corrected chi connectivity index (χ4v) is 2.28. The number of halogens is 2. The Labute approximate surface area is 131 Å². The summed E-state index contributed by atoms with van der Waals surface area (Å²) in [4.78, 5) is 6.59. The van der Waals surface area contributed by atoms with Crippen molar-refractivity contribution in [3.8, 4) is 0 Å². The van der Waals surface area contributed by atoms with Gasteiger partial charge in [-0.1, -0.05) is 29.8 Å². The first-order valence-corrected chi connectivity index (χ1v) is 6.38. The summed E-state index contributed by atoms with van der Waals surface area (Å²) < 4.78 is 0. The number of benzene rings is 1. The third-order valence-corrected chi connectivity index (χ3v) is 3.38. The molecule has 100 valence electrons. The van der Waals surface area contributed by atoms with Crippen molar-refractivity contribution in [3.05, 3.63) is 34.9 Å². The molecule has 5 heteroatoms. The normalized spacial score (nSPS) is 15.4. The summed E-state index contributed by atoms with van der Waals surface area (Å²) in [6.45, 7) is 2.92. The molecule has 1 aromatic carbocycles. The van der Waals surface area contributed by atoms with E-state index < -0.39 is 0 Å². The zero-order valence-corrected chi connectivity index (χ0v) is 13.6. The van der Waals surface area contributed by atoms with Crippen molar-refractivity contribution in [1.82, 2.24) is 10.2 Å². The van der Waals surface area contributed by atoms with Gasteiger partial charge in [-0.05, 0) is 24.5 Å². The average molecular weight is 380 g/mol. The lowest BCUT2D eigenvalue weighted by molar-refractivity contribution is 0.493. The Morgan fingerprint density at radius 3 is 2.61 bits per heavy atom. The van der Waals surface area contributed by atoms with Gasteiger partial charge in [0, 0.05) is 31.7 Å². The molecule has 0 spiro atoms. The fourth-order valence-electron chi connectivity index (χ4n) is 2.08. The van der Waals surface area contributed by atoms with Gasteiger partial charge in [0.15, 0.2) is 5.96 Å². The van der Waals surface area contributed by atoms with Gasteiger partial charge in [-0.15, -0.1) is 24.0 Å². The van der Waals surface area contributed by atoms with Gasteiger partial charge in [0.1, 0.15) is 0 Å². The molecule has 0 amide bonds. The summed E-state index contributed by atoms with van der Waals surface area (Å²) in [5.74, 6) is 0.974. The number of likely N-dealkylation sites (tertiary alicyclic amines) is 1. The van der Waals surface area contributed by atoms with Crippen molar-refractivity contribution in [2.75, 3.05) is 20.1 Å². The van der Waals surface area contributed by atoms with Crippen LogP contribution in [0.25, 0.3) is 0 Å². The van der Waals surface area contributed by atoms with E-state index in [0.29, 0.717) is 0 Å². The lowest BCUT2D eigenvalue weighted by atomic mass is 10.2. The summed E-state index contributed by atoms with van der Waals surface area (Å²) >= 11 is 6.12. The minimum atomic E-state index is 0. The molecule has 0 saturated carbocycles. The lowest BCUT2D eigenvalue weighted by Gasteiger charge is -2.21. The van der Waals surface area contributed by atoms with Gasteiger partial charge >= 0.3 is 0 Å². The van der Waals surface area contributed by atoms with Gasteiger partial charge in [0.05, 0.1) is 0 Å². The maximum Gasteiger partial charge on any atom is 0.193 e. The Hall–Kier alpha value is -0.490. The van der Waals surface area contributed by atoms with Gasteiger partial charge < -0.3 is 10.2 Å². The smallest absolute Gasteiger partial charge is 0.193 e. The van der Waals surface area contributed by atoms with E-state index in [0.717, 1.165) is 36.2 Å². The van der Waals surface area contributed by atoms with Gasteiger partial charge in [-0.3, -0.25) is 4.99 Å². The number of nitrogens with one attached hydrogen (secondary N) is 1. The average Bonchev–Trinajstić information content (AvgIpc) is 2.86. The van der Waals surface area contributed by atoms with Crippen LogP contribution in [0.4, 0.5) is 0 Å². The highest BCUT2D eigenvalue weighted by atomic mass is 127. The Kier molecular flexibility index (Phi) is 6.78. The minimum Gasteiger partial charge on any atom is -0.352 e. The van der Waals surface area contributed by atoms with Crippen LogP contribution in [0.15, 0.2) is 29.3 Å². The van der Waals surface area contributed by atoms with Crippen molar-refractivity contribution < 1.29 is 0 Å². The van der Waals surface area contributed by atoms with Crippen LogP contribution < -0.4 is 5.32 Å². The lowest BCUT2D eigenvalue weighted by Crippen LogP contribution is -2.39. The van der Waals surface area contributed by atoms with Crippen LogP contribution in [0.5, 0.6) is 0 Å². The molecule has 0 aliphatic carbocycles. The first-order valence-electron chi connectivity index (χ1n) is 6.00. The highest BCUT2D eigenvalue weighted by molar-refractivity contribution is 14.0. The second-order valence-electron chi connectivity index (χ2n) is 4.19. The molecule has 18 heavy (non-hydrogen) atoms. The van der Waals surface area contributed by atoms with Crippen LogP contribution in [0.3, 0.4) is 0 Å². The molecule has 1 aliphatic heterocycles. The second-order valence-corrected chi connectivity index (χ2v) is 4.59. The third kappa shape index (κ3) is 4.02. The monoisotopic (exact) mass is 379 g/mol. The third-order valence-electron chi connectivity index (χ3n) is 3.01. The minimum absolute atomic E-state index is 0. The van der Waals surface area contributed by atoms with Gasteiger partial charge in [-0.2, -0.15) is 0 Å². The molecular formula is C13H19ClIN3. The van der Waals surface area contributed by atoms with E-state index in [2.05, 4.69) is 15.2 Å². The van der Waals surface area contributed by atoms with E-state index in [-0.39, 0.29) is 24.0 Å². The Morgan fingerprint density at radius 2 is 2.00 bits per heavy atom. The number of nitrogens with zero attached hydrogens (tertiary/aromatic N) is 2. The molecule has 0 bridgehead atoms. The number of hydrogen-bond donors (Lipinski definition) is 1. The van der Waals surface area contributed by atoms with Crippen molar-refractivity contribution in [2.24, 2.45) is 4.99 Å². The molecule has 0 radical (unpaired) electrons. The summed E-state index contributed by atoms with van der Waals surface area (Å²) in [7, 11) is 1.83. The van der Waals surface area contributed by atoms with Crippen LogP contribution in [-0.4, -0.2) is 31.0 Å². The summed E-state index contributed by atoms with van der Waals surface area (Å²) in [6, 6.07) is 7.90. The molecule has 1 saturated heterocycles. The SMILES string of the molecule is CN=C(NCc1ccccc1Cl)N1CCCC1.I. The quantitative estimate of drug-likeness (QED) is 0.486. The van der Waals surface area contributed by atoms with E-state index in [1.54, 1.807) is 0 Å². The molecule has 1 fully saturated rings. The van der Waals surface area contributed by atoms with Crippen LogP contribution in [0.2, 0.25) is 5.02 Å². The van der Waals surface area contributed by atoms with Crippen LogP contribution in [-0.2, 0) is 6.54 Å². The number of hydrogen-bond acceptors (Lipinski definition) is 1. The van der Waals surface area contributed by atoms with Crippen molar-refractivity contribution in [2.45, 2.75) is 19.4 Å². The standard InChI is InChI=1S/C13H18ClN3.HI/c1-15-13(17-8-4-5-9-17)16-10-11-6-2-3-7-12(11)14;/h2-3,6-7H,4-5,8-10H2,1H3,(H,15,16);1H. The predicted molar refractivity (Wildman–Crippen MR) is 87.9 cm³/mol. The number of aliphatic imine (C=N–C) groups is 1. The maximum atomic E-state index is 6.12. The largest absolute Gasteiger partial charge is 0.352 e. The van der Waals surface area contributed by atoms with Gasteiger partial charge in [-0.25, -0.2) is 0 Å².